The summed E-state index contributed by atoms with van der Waals surface area (Å²) in [6.45, 7) is 6.37. The van der Waals surface area contributed by atoms with Gasteiger partial charge >= 0.3 is 0 Å². The Balaban J connectivity index is 2.26. The molecule has 0 bridgehead atoms. The number of hydrogen-bond donors (Lipinski definition) is 1. The van der Waals surface area contributed by atoms with Gasteiger partial charge in [-0.15, -0.1) is 0 Å². The molecule has 0 aliphatic rings. The van der Waals surface area contributed by atoms with Gasteiger partial charge in [0.1, 0.15) is 0 Å². The van der Waals surface area contributed by atoms with E-state index in [2.05, 4.69) is 62.5 Å². The van der Waals surface area contributed by atoms with Crippen molar-refractivity contribution in [1.29, 1.82) is 0 Å². The summed E-state index contributed by atoms with van der Waals surface area (Å²) in [5.74, 6) is 0. The molecule has 0 amide bonds. The monoisotopic (exact) mass is 305 g/mol. The number of nitrogens with one attached hydrogen (secondary N) is 1. The summed E-state index contributed by atoms with van der Waals surface area (Å²) >= 11 is 8.15. The zero-order chi connectivity index (χ0) is 14.7. The van der Waals surface area contributed by atoms with Crippen LogP contribution in [-0.4, -0.2) is 7.05 Å². The van der Waals surface area contributed by atoms with Crippen molar-refractivity contribution < 1.29 is 0 Å². The molecule has 1 atom stereocenters. The highest BCUT2D eigenvalue weighted by Crippen LogP contribution is 2.34. The first-order valence-electron chi connectivity index (χ1n) is 6.73. The number of halogens is 1. The minimum atomic E-state index is 0.266. The molecule has 0 aliphatic heterocycles. The highest BCUT2D eigenvalue weighted by Gasteiger charge is 2.09. The Kier molecular flexibility index (Phi) is 5.14. The Morgan fingerprint density at radius 2 is 1.85 bits per heavy atom. The van der Waals surface area contributed by atoms with Gasteiger partial charge in [0.15, 0.2) is 0 Å². The minimum Gasteiger partial charge on any atom is -0.313 e. The van der Waals surface area contributed by atoms with Crippen LogP contribution >= 0.6 is 23.4 Å². The predicted octanol–water partition coefficient (Wildman–Crippen LogP) is 5.39. The van der Waals surface area contributed by atoms with Gasteiger partial charge in [0.25, 0.3) is 0 Å². The van der Waals surface area contributed by atoms with Crippen molar-refractivity contribution in [3.63, 3.8) is 0 Å². The van der Waals surface area contributed by atoms with E-state index in [9.17, 15) is 0 Å². The van der Waals surface area contributed by atoms with E-state index in [4.69, 9.17) is 11.6 Å². The molecule has 2 rings (SSSR count). The molecule has 0 aromatic heterocycles. The maximum Gasteiger partial charge on any atom is 0.0464 e. The average Bonchev–Trinajstić information content (AvgIpc) is 2.42. The van der Waals surface area contributed by atoms with Gasteiger partial charge in [-0.05, 0) is 62.7 Å². The third kappa shape index (κ3) is 3.57. The van der Waals surface area contributed by atoms with Crippen LogP contribution in [0.3, 0.4) is 0 Å². The largest absolute Gasteiger partial charge is 0.313 e. The lowest BCUT2D eigenvalue weighted by atomic mass is 10.1. The smallest absolute Gasteiger partial charge is 0.0464 e. The molecule has 0 spiro atoms. The molecule has 20 heavy (non-hydrogen) atoms. The Bertz CT molecular complexity index is 610. The fraction of sp³-hybridized carbons (Fsp3) is 0.294. The van der Waals surface area contributed by atoms with Crippen LogP contribution in [-0.2, 0) is 0 Å². The van der Waals surface area contributed by atoms with Crippen molar-refractivity contribution in [2.75, 3.05) is 7.05 Å². The van der Waals surface area contributed by atoms with E-state index in [1.807, 2.05) is 7.05 Å². The number of rotatable bonds is 4. The summed E-state index contributed by atoms with van der Waals surface area (Å²) in [4.78, 5) is 2.46. The molecule has 0 saturated carbocycles. The van der Waals surface area contributed by atoms with Crippen molar-refractivity contribution in [3.8, 4) is 0 Å². The number of hydrogen-bond acceptors (Lipinski definition) is 2. The van der Waals surface area contributed by atoms with Gasteiger partial charge < -0.3 is 5.32 Å². The molecule has 106 valence electrons. The van der Waals surface area contributed by atoms with Gasteiger partial charge in [-0.2, -0.15) is 0 Å². The summed E-state index contributed by atoms with van der Waals surface area (Å²) < 4.78 is 0. The molecule has 0 radical (unpaired) electrons. The molecule has 2 aromatic carbocycles. The predicted molar refractivity (Wildman–Crippen MR) is 89.0 cm³/mol. The molecule has 0 heterocycles. The molecular weight excluding hydrogens is 286 g/mol. The van der Waals surface area contributed by atoms with E-state index >= 15 is 0 Å². The third-order valence-electron chi connectivity index (χ3n) is 3.44. The fourth-order valence-corrected chi connectivity index (χ4v) is 3.47. The molecule has 3 heteroatoms. The average molecular weight is 306 g/mol. The van der Waals surface area contributed by atoms with Crippen LogP contribution in [0.2, 0.25) is 5.02 Å². The molecule has 1 unspecified atom stereocenters. The first-order valence-corrected chi connectivity index (χ1v) is 7.92. The Morgan fingerprint density at radius 3 is 2.50 bits per heavy atom. The van der Waals surface area contributed by atoms with Gasteiger partial charge in [0.05, 0.1) is 0 Å². The number of benzene rings is 2. The summed E-state index contributed by atoms with van der Waals surface area (Å²) in [6.07, 6.45) is 0. The van der Waals surface area contributed by atoms with E-state index in [1.54, 1.807) is 11.8 Å². The lowest BCUT2D eigenvalue weighted by molar-refractivity contribution is 0.652. The van der Waals surface area contributed by atoms with Crippen molar-refractivity contribution in [2.45, 2.75) is 36.6 Å². The van der Waals surface area contributed by atoms with Gasteiger partial charge in [-0.1, -0.05) is 41.6 Å². The fourth-order valence-electron chi connectivity index (χ4n) is 2.02. The van der Waals surface area contributed by atoms with E-state index in [1.165, 1.54) is 20.9 Å². The summed E-state index contributed by atoms with van der Waals surface area (Å²) in [5, 5.41) is 4.04. The normalized spacial score (nSPS) is 12.4. The van der Waals surface area contributed by atoms with Crippen molar-refractivity contribution in [1.82, 2.24) is 5.32 Å². The molecular formula is C17H20ClNS. The summed E-state index contributed by atoms with van der Waals surface area (Å²) in [6, 6.07) is 13.1. The van der Waals surface area contributed by atoms with E-state index in [-0.39, 0.29) is 6.04 Å². The van der Waals surface area contributed by atoms with E-state index in [0.29, 0.717) is 0 Å². The number of aryl methyl sites for hydroxylation is 2. The highest BCUT2D eigenvalue weighted by atomic mass is 35.5. The summed E-state index contributed by atoms with van der Waals surface area (Å²) in [5.41, 5.74) is 3.72. The third-order valence-corrected chi connectivity index (χ3v) is 4.92. The summed E-state index contributed by atoms with van der Waals surface area (Å²) in [7, 11) is 1.94. The highest BCUT2D eigenvalue weighted by molar-refractivity contribution is 7.99. The quantitative estimate of drug-likeness (QED) is 0.813. The zero-order valence-electron chi connectivity index (χ0n) is 12.3. The zero-order valence-corrected chi connectivity index (χ0v) is 13.9. The second-order valence-corrected chi connectivity index (χ2v) is 6.59. The Labute approximate surface area is 130 Å². The Hall–Kier alpha value is -0.960. The second kappa shape index (κ2) is 6.66. The van der Waals surface area contributed by atoms with Crippen LogP contribution in [0.1, 0.15) is 29.7 Å². The lowest BCUT2D eigenvalue weighted by Crippen LogP contribution is -2.12. The van der Waals surface area contributed by atoms with E-state index in [0.717, 1.165) is 10.6 Å². The van der Waals surface area contributed by atoms with Crippen LogP contribution < -0.4 is 5.32 Å². The molecule has 0 aliphatic carbocycles. The van der Waals surface area contributed by atoms with Crippen LogP contribution in [0, 0.1) is 13.8 Å². The minimum absolute atomic E-state index is 0.266. The first-order chi connectivity index (χ1) is 9.51. The van der Waals surface area contributed by atoms with Gasteiger partial charge in [0.2, 0.25) is 0 Å². The van der Waals surface area contributed by atoms with Crippen molar-refractivity contribution in [3.05, 3.63) is 58.1 Å². The molecule has 0 saturated heterocycles. The van der Waals surface area contributed by atoms with Gasteiger partial charge in [-0.25, -0.2) is 0 Å². The second-order valence-electron chi connectivity index (χ2n) is 5.06. The van der Waals surface area contributed by atoms with Crippen LogP contribution in [0.15, 0.2) is 46.2 Å². The Morgan fingerprint density at radius 1 is 1.10 bits per heavy atom. The van der Waals surface area contributed by atoms with Crippen molar-refractivity contribution in [2.24, 2.45) is 0 Å². The first kappa shape index (κ1) is 15.4. The van der Waals surface area contributed by atoms with Gasteiger partial charge in [0, 0.05) is 20.9 Å². The molecule has 1 nitrogen and oxygen atoms in total. The maximum absolute atomic E-state index is 6.39. The van der Waals surface area contributed by atoms with Gasteiger partial charge in [-0.3, -0.25) is 0 Å². The topological polar surface area (TPSA) is 12.0 Å². The SMILES string of the molecule is CNC(C)c1ccc(Sc2cc(C)ccc2C)cc1Cl. The van der Waals surface area contributed by atoms with Crippen LogP contribution in [0.4, 0.5) is 0 Å². The van der Waals surface area contributed by atoms with Crippen LogP contribution in [0.5, 0.6) is 0 Å². The molecule has 1 N–H and O–H groups in total. The molecule has 2 aromatic rings. The van der Waals surface area contributed by atoms with E-state index < -0.39 is 0 Å². The standard InChI is InChI=1S/C17H20ClNS/c1-11-5-6-12(2)17(9-11)20-14-7-8-15(13(3)19-4)16(18)10-14/h5-10,13,19H,1-4H3. The van der Waals surface area contributed by atoms with Crippen molar-refractivity contribution >= 4 is 23.4 Å². The molecule has 0 fully saturated rings. The van der Waals surface area contributed by atoms with Crippen LogP contribution in [0.25, 0.3) is 0 Å². The lowest BCUT2D eigenvalue weighted by Gasteiger charge is -2.14. The maximum atomic E-state index is 6.39.